The Balaban J connectivity index is 0. The van der Waals surface area contributed by atoms with Crippen LogP contribution in [0.15, 0.2) is 5.10 Å². The Labute approximate surface area is 183 Å². The molecule has 2 aliphatic rings. The zero-order valence-electron chi connectivity index (χ0n) is 13.8. The summed E-state index contributed by atoms with van der Waals surface area (Å²) in [6.07, 6.45) is 1.85. The van der Waals surface area contributed by atoms with Gasteiger partial charge in [0, 0.05) is 82.1 Å². The molecule has 0 aliphatic carbocycles. The summed E-state index contributed by atoms with van der Waals surface area (Å²) in [4.78, 5) is 13.7. The first-order valence-electron chi connectivity index (χ1n) is 7.07. The van der Waals surface area contributed by atoms with Crippen LogP contribution in [0.4, 0.5) is 4.79 Å². The predicted octanol–water partition coefficient (Wildman–Crippen LogP) is 1.55. The molecule has 22 heavy (non-hydrogen) atoms. The second-order valence-electron chi connectivity index (χ2n) is 5.32. The molecule has 0 spiro atoms. The largest absolute Gasteiger partial charge is 0.653 e. The van der Waals surface area contributed by atoms with Gasteiger partial charge in [-0.15, -0.1) is 6.54 Å². The van der Waals surface area contributed by atoms with Crippen molar-refractivity contribution in [2.24, 2.45) is 5.10 Å². The minimum Gasteiger partial charge on any atom is -0.653 e. The van der Waals surface area contributed by atoms with Crippen LogP contribution < -0.4 is 10.7 Å². The van der Waals surface area contributed by atoms with Crippen LogP contribution in [0.25, 0.3) is 5.32 Å². The molecule has 2 rings (SSSR count). The summed E-state index contributed by atoms with van der Waals surface area (Å²) < 4.78 is 0. The molecule has 0 aromatic carbocycles. The van der Waals surface area contributed by atoms with E-state index in [0.29, 0.717) is 6.04 Å². The van der Waals surface area contributed by atoms with E-state index in [0.717, 1.165) is 31.6 Å². The molecule has 2 N–H and O–H groups in total. The number of carbonyl (C=O) groups is 1. The van der Waals surface area contributed by atoms with Crippen molar-refractivity contribution in [1.29, 1.82) is 0 Å². The van der Waals surface area contributed by atoms with Gasteiger partial charge in [0.15, 0.2) is 0 Å². The Morgan fingerprint density at radius 3 is 2.64 bits per heavy atom. The summed E-state index contributed by atoms with van der Waals surface area (Å²) in [6.45, 7) is 12.3. The van der Waals surface area contributed by atoms with Crippen molar-refractivity contribution in [2.45, 2.75) is 44.8 Å². The molecule has 6 nitrogen and oxygen atoms in total. The van der Waals surface area contributed by atoms with Crippen LogP contribution in [0, 0.1) is 45.0 Å². The number of nitrogens with one attached hydrogen (secondary N) is 2. The van der Waals surface area contributed by atoms with E-state index in [2.05, 4.69) is 47.0 Å². The molecular formula is C14H26N5OUY-3. The Kier molecular flexibility index (Phi) is 15.3. The SMILES string of the molecule is CC(C)NC(=O)N/N=C1\CN(C)C2CC[N-]C12.[CH2-]C[CH2-].[U].[Y]. The fourth-order valence-electron chi connectivity index (χ4n) is 2.40. The van der Waals surface area contributed by atoms with Gasteiger partial charge in [-0.1, -0.05) is 12.5 Å². The molecule has 2 fully saturated rings. The number of hydrogen-bond donors (Lipinski definition) is 2. The molecule has 2 aliphatic heterocycles. The minimum atomic E-state index is -0.253. The summed E-state index contributed by atoms with van der Waals surface area (Å²) >= 11 is 0. The van der Waals surface area contributed by atoms with Crippen molar-refractivity contribution >= 4 is 11.7 Å². The first kappa shape index (κ1) is 25.3. The molecule has 2 atom stereocenters. The Morgan fingerprint density at radius 1 is 1.50 bits per heavy atom. The number of amides is 2. The van der Waals surface area contributed by atoms with E-state index in [1.165, 1.54) is 0 Å². The van der Waals surface area contributed by atoms with Gasteiger partial charge in [-0.3, -0.25) is 4.90 Å². The fraction of sp³-hybridized carbons (Fsp3) is 0.714. The maximum Gasteiger partial charge on any atom is 0.335 e. The van der Waals surface area contributed by atoms with Gasteiger partial charge in [0.05, 0.1) is 0 Å². The Bertz CT molecular complexity index is 354. The monoisotopic (exact) mass is 607 g/mol. The van der Waals surface area contributed by atoms with Crippen molar-refractivity contribution in [3.63, 3.8) is 0 Å². The minimum absolute atomic E-state index is 0. The van der Waals surface area contributed by atoms with E-state index in [4.69, 9.17) is 0 Å². The van der Waals surface area contributed by atoms with Gasteiger partial charge in [0.25, 0.3) is 0 Å². The van der Waals surface area contributed by atoms with Crippen LogP contribution in [0.1, 0.15) is 26.7 Å². The summed E-state index contributed by atoms with van der Waals surface area (Å²) in [5, 5.41) is 11.4. The van der Waals surface area contributed by atoms with Crippen LogP contribution in [0.3, 0.4) is 0 Å². The van der Waals surface area contributed by atoms with Gasteiger partial charge in [-0.05, 0) is 26.9 Å². The van der Waals surface area contributed by atoms with Crippen LogP contribution in [0.2, 0.25) is 0 Å². The summed E-state index contributed by atoms with van der Waals surface area (Å²) in [5.74, 6) is 0. The van der Waals surface area contributed by atoms with Crippen molar-refractivity contribution in [3.8, 4) is 0 Å². The van der Waals surface area contributed by atoms with Gasteiger partial charge in [0.1, 0.15) is 0 Å². The third-order valence-electron chi connectivity index (χ3n) is 3.15. The molecule has 8 heteroatoms. The van der Waals surface area contributed by atoms with Crippen LogP contribution in [-0.2, 0) is 32.7 Å². The second kappa shape index (κ2) is 13.3. The predicted molar refractivity (Wildman–Crippen MR) is 82.6 cm³/mol. The van der Waals surface area contributed by atoms with Crippen LogP contribution in [0.5, 0.6) is 0 Å². The van der Waals surface area contributed by atoms with E-state index in [9.17, 15) is 4.79 Å². The Morgan fingerprint density at radius 2 is 2.09 bits per heavy atom. The number of carbonyl (C=O) groups excluding carboxylic acids is 1. The number of likely N-dealkylation sites (N-methyl/N-ethyl adjacent to an activating group) is 1. The third-order valence-corrected chi connectivity index (χ3v) is 3.15. The number of hydrogen-bond acceptors (Lipinski definition) is 3. The van der Waals surface area contributed by atoms with Gasteiger partial charge in [0.2, 0.25) is 0 Å². The molecule has 0 aromatic rings. The summed E-state index contributed by atoms with van der Waals surface area (Å²) in [5.41, 5.74) is 3.51. The zero-order chi connectivity index (χ0) is 15.1. The van der Waals surface area contributed by atoms with Crippen LogP contribution >= 0.6 is 0 Å². The molecule has 0 saturated carbocycles. The van der Waals surface area contributed by atoms with Gasteiger partial charge < -0.3 is 30.9 Å². The fourth-order valence-corrected chi connectivity index (χ4v) is 2.40. The van der Waals surface area contributed by atoms with E-state index >= 15 is 0 Å². The smallest absolute Gasteiger partial charge is 0.335 e. The number of likely N-dealkylation sites (tertiary alicyclic amines) is 1. The molecule has 0 aromatic heterocycles. The normalized spacial score (nSPS) is 24.7. The summed E-state index contributed by atoms with van der Waals surface area (Å²) in [7, 11) is 2.08. The quantitative estimate of drug-likeness (QED) is 0.370. The van der Waals surface area contributed by atoms with E-state index in [-0.39, 0.29) is 81.9 Å². The van der Waals surface area contributed by atoms with E-state index in [1.54, 1.807) is 0 Å². The van der Waals surface area contributed by atoms with E-state index in [1.807, 2.05) is 13.8 Å². The number of fused-ring (bicyclic) bond motifs is 1. The van der Waals surface area contributed by atoms with Gasteiger partial charge in [-0.25, -0.2) is 10.2 Å². The first-order chi connectivity index (χ1) is 9.49. The standard InChI is InChI=1S/C11H20N5O.C3H6.U.Y/c1-7(2)13-11(17)15-14-8-6-16(3)9-4-5-12-10(8)9;1-3-2;;/h7,9-10H,4-6H2,1-3H3,(H2,13,15,17);1-3H2;;/q-1;-2;;/b14-8+;;;. The maximum atomic E-state index is 11.4. The average Bonchev–Trinajstić information content (AvgIpc) is 2.92. The third kappa shape index (κ3) is 8.21. The average molecular weight is 607 g/mol. The van der Waals surface area contributed by atoms with Gasteiger partial charge >= 0.3 is 6.03 Å². The second-order valence-corrected chi connectivity index (χ2v) is 5.32. The van der Waals surface area contributed by atoms with Crippen molar-refractivity contribution in [3.05, 3.63) is 19.2 Å². The number of hydrazone groups is 1. The van der Waals surface area contributed by atoms with E-state index < -0.39 is 0 Å². The van der Waals surface area contributed by atoms with Crippen molar-refractivity contribution < 1.29 is 68.6 Å². The zero-order valence-corrected chi connectivity index (χ0v) is 20.8. The molecule has 123 valence electrons. The molecule has 0 bridgehead atoms. The van der Waals surface area contributed by atoms with Crippen LogP contribution in [-0.4, -0.2) is 54.9 Å². The molecule has 2 saturated heterocycles. The molecular weight excluding hydrogens is 581 g/mol. The molecule has 2 unspecified atom stereocenters. The topological polar surface area (TPSA) is 70.8 Å². The van der Waals surface area contributed by atoms with Crippen molar-refractivity contribution in [1.82, 2.24) is 15.6 Å². The number of urea groups is 1. The first-order valence-corrected chi connectivity index (χ1v) is 7.07. The Hall–Kier alpha value is 1.02. The van der Waals surface area contributed by atoms with Crippen molar-refractivity contribution in [2.75, 3.05) is 20.1 Å². The molecule has 2 amide bonds. The van der Waals surface area contributed by atoms with Gasteiger partial charge in [-0.2, -0.15) is 5.10 Å². The molecule has 2 heterocycles. The maximum absolute atomic E-state index is 11.4. The molecule has 1 radical (unpaired) electrons. The summed E-state index contributed by atoms with van der Waals surface area (Å²) in [6, 6.07) is 0.519. The number of rotatable bonds is 2. The number of nitrogens with zero attached hydrogens (tertiary/aromatic N) is 3.